The Morgan fingerprint density at radius 1 is 1.04 bits per heavy atom. The van der Waals surface area contributed by atoms with Crippen molar-refractivity contribution in [2.45, 2.75) is 26.7 Å². The Balaban J connectivity index is 1.74. The van der Waals surface area contributed by atoms with E-state index in [0.29, 0.717) is 23.0 Å². The van der Waals surface area contributed by atoms with Crippen LogP contribution >= 0.6 is 0 Å². The first-order valence-corrected chi connectivity index (χ1v) is 8.83. The summed E-state index contributed by atoms with van der Waals surface area (Å²) in [6.45, 7) is 5.64. The monoisotopic (exact) mass is 381 g/mol. The van der Waals surface area contributed by atoms with E-state index in [1.165, 1.54) is 5.56 Å². The maximum atomic E-state index is 11.8. The van der Waals surface area contributed by atoms with Crippen molar-refractivity contribution in [2.24, 2.45) is 0 Å². The molecule has 2 aromatic rings. The van der Waals surface area contributed by atoms with Gasteiger partial charge in [0.1, 0.15) is 17.6 Å². The molecule has 0 saturated heterocycles. The number of hydrogen-bond donors (Lipinski definition) is 2. The fourth-order valence-electron chi connectivity index (χ4n) is 2.57. The van der Waals surface area contributed by atoms with Gasteiger partial charge in [0.25, 0.3) is 11.8 Å². The van der Waals surface area contributed by atoms with Crippen LogP contribution in [0.3, 0.4) is 0 Å². The molecule has 0 aliphatic rings. The van der Waals surface area contributed by atoms with Gasteiger partial charge in [-0.05, 0) is 48.2 Å². The zero-order chi connectivity index (χ0) is 20.5. The van der Waals surface area contributed by atoms with E-state index >= 15 is 0 Å². The van der Waals surface area contributed by atoms with E-state index in [-0.39, 0.29) is 13.2 Å². The smallest absolute Gasteiger partial charge is 0.276 e. The Morgan fingerprint density at radius 2 is 1.68 bits per heavy atom. The summed E-state index contributed by atoms with van der Waals surface area (Å²) in [6.07, 6.45) is 0. The minimum atomic E-state index is -0.557. The number of hydrogen-bond acceptors (Lipinski definition) is 5. The first-order valence-electron chi connectivity index (χ1n) is 8.83. The van der Waals surface area contributed by atoms with Crippen molar-refractivity contribution in [3.8, 4) is 17.6 Å². The molecule has 28 heavy (non-hydrogen) atoms. The molecule has 146 valence electrons. The SMILES string of the molecule is Cc1cc(OCC(=O)NNC(=O)COc2ccccc2C#N)ccc1C(C)C. The molecule has 0 heterocycles. The molecule has 7 heteroatoms. The fourth-order valence-corrected chi connectivity index (χ4v) is 2.57. The van der Waals surface area contributed by atoms with Gasteiger partial charge in [-0.3, -0.25) is 20.4 Å². The Bertz CT molecular complexity index is 887. The molecular weight excluding hydrogens is 358 g/mol. The van der Waals surface area contributed by atoms with Gasteiger partial charge in [0, 0.05) is 0 Å². The van der Waals surface area contributed by atoms with Crippen LogP contribution in [0.2, 0.25) is 0 Å². The van der Waals surface area contributed by atoms with Crippen LogP contribution in [0.1, 0.15) is 36.5 Å². The van der Waals surface area contributed by atoms with Crippen molar-refractivity contribution in [2.75, 3.05) is 13.2 Å². The lowest BCUT2D eigenvalue weighted by Gasteiger charge is -2.13. The molecule has 0 unspecified atom stereocenters. The van der Waals surface area contributed by atoms with Crippen LogP contribution in [-0.2, 0) is 9.59 Å². The molecule has 0 bridgehead atoms. The number of amides is 2. The van der Waals surface area contributed by atoms with Gasteiger partial charge in [-0.2, -0.15) is 5.26 Å². The number of carbonyl (C=O) groups excluding carboxylic acids is 2. The highest BCUT2D eigenvalue weighted by atomic mass is 16.5. The normalized spacial score (nSPS) is 10.1. The topological polar surface area (TPSA) is 100 Å². The van der Waals surface area contributed by atoms with Crippen molar-refractivity contribution in [3.63, 3.8) is 0 Å². The number of ether oxygens (including phenoxy) is 2. The van der Waals surface area contributed by atoms with Gasteiger partial charge in [-0.25, -0.2) is 0 Å². The van der Waals surface area contributed by atoms with Crippen molar-refractivity contribution < 1.29 is 19.1 Å². The van der Waals surface area contributed by atoms with Crippen LogP contribution in [0.4, 0.5) is 0 Å². The number of hydrazine groups is 1. The second kappa shape index (κ2) is 9.97. The molecule has 0 aromatic heterocycles. The number of para-hydroxylation sites is 1. The zero-order valence-corrected chi connectivity index (χ0v) is 16.1. The molecule has 0 aliphatic heterocycles. The van der Waals surface area contributed by atoms with Crippen LogP contribution in [0.25, 0.3) is 0 Å². The summed E-state index contributed by atoms with van der Waals surface area (Å²) < 4.78 is 10.7. The van der Waals surface area contributed by atoms with Gasteiger partial charge >= 0.3 is 0 Å². The van der Waals surface area contributed by atoms with Crippen LogP contribution in [-0.4, -0.2) is 25.0 Å². The van der Waals surface area contributed by atoms with Crippen LogP contribution in [0, 0.1) is 18.3 Å². The summed E-state index contributed by atoms with van der Waals surface area (Å²) in [6, 6.07) is 14.2. The van der Waals surface area contributed by atoms with E-state index in [2.05, 4.69) is 24.7 Å². The average molecular weight is 381 g/mol. The lowest BCUT2D eigenvalue weighted by molar-refractivity contribution is -0.131. The van der Waals surface area contributed by atoms with Crippen molar-refractivity contribution in [1.29, 1.82) is 5.26 Å². The summed E-state index contributed by atoms with van der Waals surface area (Å²) in [7, 11) is 0. The third-order valence-corrected chi connectivity index (χ3v) is 3.94. The van der Waals surface area contributed by atoms with Gasteiger partial charge in [0.2, 0.25) is 0 Å². The van der Waals surface area contributed by atoms with E-state index in [9.17, 15) is 9.59 Å². The lowest BCUT2D eigenvalue weighted by Crippen LogP contribution is -2.45. The molecule has 0 radical (unpaired) electrons. The largest absolute Gasteiger partial charge is 0.484 e. The van der Waals surface area contributed by atoms with E-state index in [0.717, 1.165) is 5.56 Å². The first-order chi connectivity index (χ1) is 13.4. The summed E-state index contributed by atoms with van der Waals surface area (Å²) in [5, 5.41) is 8.97. The van der Waals surface area contributed by atoms with Crippen LogP contribution in [0.15, 0.2) is 42.5 Å². The number of nitriles is 1. The second-order valence-corrected chi connectivity index (χ2v) is 6.45. The Labute approximate surface area is 164 Å². The van der Waals surface area contributed by atoms with E-state index in [1.54, 1.807) is 24.3 Å². The van der Waals surface area contributed by atoms with Gasteiger partial charge in [0.05, 0.1) is 5.56 Å². The number of nitrogens with one attached hydrogen (secondary N) is 2. The maximum Gasteiger partial charge on any atom is 0.276 e. The highest BCUT2D eigenvalue weighted by Crippen LogP contribution is 2.23. The van der Waals surface area contributed by atoms with Crippen molar-refractivity contribution in [1.82, 2.24) is 10.9 Å². The summed E-state index contributed by atoms with van der Waals surface area (Å²) in [5.74, 6) is 0.235. The Morgan fingerprint density at radius 3 is 2.29 bits per heavy atom. The number of nitrogens with zero attached hydrogens (tertiary/aromatic N) is 1. The highest BCUT2D eigenvalue weighted by molar-refractivity contribution is 5.83. The van der Waals surface area contributed by atoms with E-state index < -0.39 is 11.8 Å². The van der Waals surface area contributed by atoms with Crippen molar-refractivity contribution in [3.05, 3.63) is 59.2 Å². The van der Waals surface area contributed by atoms with Crippen LogP contribution < -0.4 is 20.3 Å². The molecule has 0 fully saturated rings. The standard InChI is InChI=1S/C21H23N3O4/c1-14(2)18-9-8-17(10-15(18)3)27-12-20(25)23-24-21(26)13-28-19-7-5-4-6-16(19)11-22/h4-10,14H,12-13H2,1-3H3,(H,23,25)(H,24,26). The Kier molecular flexibility index (Phi) is 7.40. The molecule has 2 amide bonds. The summed E-state index contributed by atoms with van der Waals surface area (Å²) >= 11 is 0. The summed E-state index contributed by atoms with van der Waals surface area (Å²) in [5.41, 5.74) is 7.13. The molecule has 2 rings (SSSR count). The molecular formula is C21H23N3O4. The minimum Gasteiger partial charge on any atom is -0.484 e. The zero-order valence-electron chi connectivity index (χ0n) is 16.1. The number of carbonyl (C=O) groups is 2. The predicted octanol–water partition coefficient (Wildman–Crippen LogP) is 2.60. The van der Waals surface area contributed by atoms with Crippen molar-refractivity contribution >= 4 is 11.8 Å². The first kappa shape index (κ1) is 20.8. The number of rotatable bonds is 7. The average Bonchev–Trinajstić information content (AvgIpc) is 2.69. The molecule has 2 N–H and O–H groups in total. The quantitative estimate of drug-likeness (QED) is 0.718. The summed E-state index contributed by atoms with van der Waals surface area (Å²) in [4.78, 5) is 23.6. The Hall–Kier alpha value is -3.53. The van der Waals surface area contributed by atoms with Gasteiger partial charge in [0.15, 0.2) is 13.2 Å². The third kappa shape index (κ3) is 6.02. The second-order valence-electron chi connectivity index (χ2n) is 6.45. The van der Waals surface area contributed by atoms with E-state index in [4.69, 9.17) is 14.7 Å². The van der Waals surface area contributed by atoms with Gasteiger partial charge in [-0.15, -0.1) is 0 Å². The lowest BCUT2D eigenvalue weighted by atomic mass is 9.98. The predicted molar refractivity (Wildman–Crippen MR) is 104 cm³/mol. The van der Waals surface area contributed by atoms with Gasteiger partial charge in [-0.1, -0.05) is 32.0 Å². The molecule has 0 spiro atoms. The molecule has 2 aromatic carbocycles. The molecule has 0 atom stereocenters. The molecule has 0 aliphatic carbocycles. The number of benzene rings is 2. The minimum absolute atomic E-state index is 0.237. The highest BCUT2D eigenvalue weighted by Gasteiger charge is 2.09. The third-order valence-electron chi connectivity index (χ3n) is 3.94. The van der Waals surface area contributed by atoms with Gasteiger partial charge < -0.3 is 9.47 Å². The fraction of sp³-hybridized carbons (Fsp3) is 0.286. The van der Waals surface area contributed by atoms with E-state index in [1.807, 2.05) is 31.2 Å². The molecule has 0 saturated carbocycles. The maximum absolute atomic E-state index is 11.8. The van der Waals surface area contributed by atoms with Crippen LogP contribution in [0.5, 0.6) is 11.5 Å². The molecule has 7 nitrogen and oxygen atoms in total. The number of aryl methyl sites for hydroxylation is 1.